The van der Waals surface area contributed by atoms with E-state index in [0.717, 1.165) is 17.8 Å². The van der Waals surface area contributed by atoms with E-state index in [0.29, 0.717) is 11.5 Å². The van der Waals surface area contributed by atoms with Gasteiger partial charge in [0.1, 0.15) is 0 Å². The van der Waals surface area contributed by atoms with E-state index in [4.69, 9.17) is 5.73 Å². The third-order valence-electron chi connectivity index (χ3n) is 4.77. The van der Waals surface area contributed by atoms with Crippen LogP contribution in [0.15, 0.2) is 0 Å². The molecule has 96 valence electrons. The molecule has 1 saturated carbocycles. The second kappa shape index (κ2) is 5.53. The quantitative estimate of drug-likeness (QED) is 0.765. The van der Waals surface area contributed by atoms with Crippen molar-refractivity contribution in [2.24, 2.45) is 28.9 Å². The minimum atomic E-state index is 0.402. The van der Waals surface area contributed by atoms with Gasteiger partial charge >= 0.3 is 0 Å². The monoisotopic (exact) mass is 225 g/mol. The molecule has 0 heterocycles. The van der Waals surface area contributed by atoms with Gasteiger partial charge in [0, 0.05) is 6.04 Å². The summed E-state index contributed by atoms with van der Waals surface area (Å²) in [6.45, 7) is 11.7. The van der Waals surface area contributed by atoms with E-state index < -0.39 is 0 Å². The van der Waals surface area contributed by atoms with Crippen LogP contribution in [0.1, 0.15) is 66.7 Å². The van der Waals surface area contributed by atoms with Crippen molar-refractivity contribution in [1.29, 1.82) is 0 Å². The van der Waals surface area contributed by atoms with Gasteiger partial charge in [0.25, 0.3) is 0 Å². The van der Waals surface area contributed by atoms with Crippen LogP contribution in [0.4, 0.5) is 0 Å². The molecule has 0 bridgehead atoms. The molecule has 1 fully saturated rings. The average Bonchev–Trinajstić information content (AvgIpc) is 2.17. The summed E-state index contributed by atoms with van der Waals surface area (Å²) >= 11 is 0. The fourth-order valence-electron chi connectivity index (χ4n) is 2.67. The number of rotatable bonds is 3. The summed E-state index contributed by atoms with van der Waals surface area (Å²) in [6.07, 6.45) is 6.70. The highest BCUT2D eigenvalue weighted by molar-refractivity contribution is 4.82. The van der Waals surface area contributed by atoms with Crippen LogP contribution in [-0.2, 0) is 0 Å². The normalized spacial score (nSPS) is 31.1. The van der Waals surface area contributed by atoms with Crippen LogP contribution in [0.25, 0.3) is 0 Å². The van der Waals surface area contributed by atoms with Crippen molar-refractivity contribution in [2.75, 3.05) is 0 Å². The molecule has 2 unspecified atom stereocenters. The van der Waals surface area contributed by atoms with Gasteiger partial charge in [-0.1, -0.05) is 47.5 Å². The van der Waals surface area contributed by atoms with E-state index in [1.165, 1.54) is 32.1 Å². The molecule has 0 aromatic rings. The summed E-state index contributed by atoms with van der Waals surface area (Å²) in [7, 11) is 0. The first kappa shape index (κ1) is 14.0. The Balaban J connectivity index is 2.37. The molecule has 0 aromatic carbocycles. The first-order valence-electron chi connectivity index (χ1n) is 7.06. The Morgan fingerprint density at radius 2 is 1.62 bits per heavy atom. The molecular formula is C15H31N. The van der Waals surface area contributed by atoms with E-state index >= 15 is 0 Å². The summed E-state index contributed by atoms with van der Waals surface area (Å²) < 4.78 is 0. The highest BCUT2D eigenvalue weighted by Gasteiger charge is 2.28. The molecule has 0 saturated heterocycles. The third kappa shape index (κ3) is 4.08. The lowest BCUT2D eigenvalue weighted by Crippen LogP contribution is -2.36. The average molecular weight is 225 g/mol. The van der Waals surface area contributed by atoms with E-state index in [1.807, 2.05) is 0 Å². The number of nitrogens with two attached hydrogens (primary N) is 1. The zero-order chi connectivity index (χ0) is 12.3. The molecule has 1 rings (SSSR count). The molecule has 16 heavy (non-hydrogen) atoms. The van der Waals surface area contributed by atoms with Gasteiger partial charge in [-0.3, -0.25) is 0 Å². The number of hydrogen-bond acceptors (Lipinski definition) is 1. The van der Waals surface area contributed by atoms with Crippen LogP contribution in [0, 0.1) is 23.2 Å². The first-order valence-corrected chi connectivity index (χ1v) is 7.06. The maximum atomic E-state index is 6.39. The van der Waals surface area contributed by atoms with Crippen molar-refractivity contribution in [2.45, 2.75) is 72.8 Å². The van der Waals surface area contributed by atoms with Gasteiger partial charge in [0.15, 0.2) is 0 Å². The van der Waals surface area contributed by atoms with E-state index in [-0.39, 0.29) is 0 Å². The van der Waals surface area contributed by atoms with Crippen LogP contribution in [0.3, 0.4) is 0 Å². The Bertz CT molecular complexity index is 196. The second-order valence-electron chi connectivity index (χ2n) is 7.19. The largest absolute Gasteiger partial charge is 0.327 e. The fraction of sp³-hybridized carbons (Fsp3) is 1.00. The zero-order valence-electron chi connectivity index (χ0n) is 11.9. The lowest BCUT2D eigenvalue weighted by molar-refractivity contribution is 0.185. The van der Waals surface area contributed by atoms with Crippen LogP contribution >= 0.6 is 0 Å². The summed E-state index contributed by atoms with van der Waals surface area (Å²) in [4.78, 5) is 0. The van der Waals surface area contributed by atoms with Crippen molar-refractivity contribution in [3.63, 3.8) is 0 Å². The smallest absolute Gasteiger partial charge is 0.00699 e. The van der Waals surface area contributed by atoms with Crippen molar-refractivity contribution < 1.29 is 0 Å². The molecular weight excluding hydrogens is 194 g/mol. The first-order chi connectivity index (χ1) is 7.30. The Hall–Kier alpha value is -0.0400. The minimum absolute atomic E-state index is 0.402. The van der Waals surface area contributed by atoms with E-state index in [1.54, 1.807) is 0 Å². The molecule has 2 atom stereocenters. The van der Waals surface area contributed by atoms with Gasteiger partial charge < -0.3 is 5.73 Å². The predicted octanol–water partition coefficient (Wildman–Crippen LogP) is 4.21. The molecule has 1 heteroatoms. The van der Waals surface area contributed by atoms with Crippen LogP contribution < -0.4 is 5.73 Å². The fourth-order valence-corrected chi connectivity index (χ4v) is 2.67. The van der Waals surface area contributed by atoms with Crippen molar-refractivity contribution in [3.05, 3.63) is 0 Å². The van der Waals surface area contributed by atoms with Crippen LogP contribution in [-0.4, -0.2) is 6.04 Å². The maximum Gasteiger partial charge on any atom is 0.00699 e. The van der Waals surface area contributed by atoms with Crippen molar-refractivity contribution >= 4 is 0 Å². The summed E-state index contributed by atoms with van der Waals surface area (Å²) in [5.74, 6) is 2.45. The van der Waals surface area contributed by atoms with E-state index in [9.17, 15) is 0 Å². The Morgan fingerprint density at radius 3 is 2.06 bits per heavy atom. The lowest BCUT2D eigenvalue weighted by Gasteiger charge is -2.35. The number of hydrogen-bond donors (Lipinski definition) is 1. The lowest BCUT2D eigenvalue weighted by atomic mass is 9.73. The second-order valence-corrected chi connectivity index (χ2v) is 7.19. The Labute approximate surface area is 102 Å². The summed E-state index contributed by atoms with van der Waals surface area (Å²) in [5.41, 5.74) is 6.79. The molecule has 1 nitrogen and oxygen atoms in total. The molecule has 0 spiro atoms. The Kier molecular flexibility index (Phi) is 4.85. The van der Waals surface area contributed by atoms with E-state index in [2.05, 4.69) is 34.6 Å². The Morgan fingerprint density at radius 1 is 1.12 bits per heavy atom. The minimum Gasteiger partial charge on any atom is -0.327 e. The molecule has 0 radical (unpaired) electrons. The standard InChI is InChI=1S/C15H31N/c1-11-6-8-13(9-7-11)14(16)10-12(2)15(3,4)5/h11-14H,6-10,16H2,1-5H3. The predicted molar refractivity (Wildman–Crippen MR) is 72.3 cm³/mol. The summed E-state index contributed by atoms with van der Waals surface area (Å²) in [6, 6.07) is 0.432. The van der Waals surface area contributed by atoms with Gasteiger partial charge in [-0.2, -0.15) is 0 Å². The maximum absolute atomic E-state index is 6.39. The van der Waals surface area contributed by atoms with Gasteiger partial charge in [-0.05, 0) is 42.4 Å². The summed E-state index contributed by atoms with van der Waals surface area (Å²) in [5, 5.41) is 0. The van der Waals surface area contributed by atoms with Crippen molar-refractivity contribution in [3.8, 4) is 0 Å². The zero-order valence-corrected chi connectivity index (χ0v) is 11.9. The highest BCUT2D eigenvalue weighted by atomic mass is 14.7. The molecule has 2 N–H and O–H groups in total. The topological polar surface area (TPSA) is 26.0 Å². The molecule has 0 aromatic heterocycles. The van der Waals surface area contributed by atoms with Crippen molar-refractivity contribution in [1.82, 2.24) is 0 Å². The van der Waals surface area contributed by atoms with Crippen LogP contribution in [0.2, 0.25) is 0 Å². The molecule has 0 amide bonds. The van der Waals surface area contributed by atoms with Crippen LogP contribution in [0.5, 0.6) is 0 Å². The van der Waals surface area contributed by atoms with Gasteiger partial charge in [0.2, 0.25) is 0 Å². The van der Waals surface area contributed by atoms with Gasteiger partial charge in [-0.25, -0.2) is 0 Å². The third-order valence-corrected chi connectivity index (χ3v) is 4.77. The molecule has 0 aliphatic heterocycles. The SMILES string of the molecule is CC1CCC(C(N)CC(C)C(C)(C)C)CC1. The van der Waals surface area contributed by atoms with Gasteiger partial charge in [0.05, 0.1) is 0 Å². The molecule has 1 aliphatic carbocycles. The van der Waals surface area contributed by atoms with Gasteiger partial charge in [-0.15, -0.1) is 0 Å². The molecule has 1 aliphatic rings. The highest BCUT2D eigenvalue weighted by Crippen LogP contribution is 2.35.